The summed E-state index contributed by atoms with van der Waals surface area (Å²) >= 11 is 0. The Bertz CT molecular complexity index is 821. The van der Waals surface area contributed by atoms with E-state index in [0.717, 1.165) is 24.5 Å². The SMILES string of the molecule is c1cncc(CNc2nc(N3CCOCC3)c3nccnc3n2)c1. The summed E-state index contributed by atoms with van der Waals surface area (Å²) in [4.78, 5) is 24.1. The van der Waals surface area contributed by atoms with E-state index in [1.165, 1.54) is 0 Å². The van der Waals surface area contributed by atoms with E-state index >= 15 is 0 Å². The van der Waals surface area contributed by atoms with Gasteiger partial charge in [0.25, 0.3) is 0 Å². The van der Waals surface area contributed by atoms with E-state index in [9.17, 15) is 0 Å². The Labute approximate surface area is 139 Å². The Hall–Kier alpha value is -2.87. The van der Waals surface area contributed by atoms with Gasteiger partial charge in [-0.05, 0) is 11.6 Å². The fourth-order valence-electron chi connectivity index (χ4n) is 2.61. The average molecular weight is 323 g/mol. The van der Waals surface area contributed by atoms with Gasteiger partial charge in [0.05, 0.1) is 13.2 Å². The van der Waals surface area contributed by atoms with E-state index in [4.69, 9.17) is 4.74 Å². The maximum absolute atomic E-state index is 5.43. The van der Waals surface area contributed by atoms with Crippen molar-refractivity contribution in [1.29, 1.82) is 0 Å². The molecule has 8 nitrogen and oxygen atoms in total. The number of fused-ring (bicyclic) bond motifs is 1. The molecule has 8 heteroatoms. The van der Waals surface area contributed by atoms with Crippen LogP contribution in [0.1, 0.15) is 5.56 Å². The molecule has 0 aromatic carbocycles. The minimum Gasteiger partial charge on any atom is -0.378 e. The molecule has 0 radical (unpaired) electrons. The average Bonchev–Trinajstić information content (AvgIpc) is 2.67. The zero-order chi connectivity index (χ0) is 16.2. The number of nitrogens with one attached hydrogen (secondary N) is 1. The molecule has 1 fully saturated rings. The topological polar surface area (TPSA) is 89.0 Å². The molecule has 1 saturated heterocycles. The summed E-state index contributed by atoms with van der Waals surface area (Å²) in [5.41, 5.74) is 2.36. The molecule has 0 spiro atoms. The highest BCUT2D eigenvalue weighted by atomic mass is 16.5. The van der Waals surface area contributed by atoms with Crippen molar-refractivity contribution in [2.75, 3.05) is 36.5 Å². The first-order valence-corrected chi connectivity index (χ1v) is 7.84. The Balaban J connectivity index is 1.65. The normalized spacial score (nSPS) is 14.8. The van der Waals surface area contributed by atoms with Crippen LogP contribution in [0, 0.1) is 0 Å². The van der Waals surface area contributed by atoms with Gasteiger partial charge in [-0.1, -0.05) is 6.07 Å². The fourth-order valence-corrected chi connectivity index (χ4v) is 2.61. The highest BCUT2D eigenvalue weighted by Gasteiger charge is 2.18. The van der Waals surface area contributed by atoms with Gasteiger partial charge in [-0.15, -0.1) is 0 Å². The van der Waals surface area contributed by atoms with E-state index in [2.05, 4.69) is 35.1 Å². The summed E-state index contributed by atoms with van der Waals surface area (Å²) in [6.45, 7) is 3.53. The summed E-state index contributed by atoms with van der Waals surface area (Å²) < 4.78 is 5.43. The first kappa shape index (κ1) is 14.7. The van der Waals surface area contributed by atoms with Gasteiger partial charge in [-0.3, -0.25) is 4.98 Å². The number of ether oxygens (including phenoxy) is 1. The lowest BCUT2D eigenvalue weighted by molar-refractivity contribution is 0.122. The van der Waals surface area contributed by atoms with Crippen molar-refractivity contribution in [1.82, 2.24) is 24.9 Å². The second-order valence-electron chi connectivity index (χ2n) is 5.41. The molecule has 4 heterocycles. The second-order valence-corrected chi connectivity index (χ2v) is 5.41. The molecule has 1 aliphatic rings. The minimum absolute atomic E-state index is 0.536. The van der Waals surface area contributed by atoms with Crippen LogP contribution in [0.15, 0.2) is 36.9 Å². The van der Waals surface area contributed by atoms with E-state index < -0.39 is 0 Å². The minimum atomic E-state index is 0.536. The third kappa shape index (κ3) is 3.09. The molecule has 122 valence electrons. The van der Waals surface area contributed by atoms with Gasteiger partial charge >= 0.3 is 0 Å². The van der Waals surface area contributed by atoms with Crippen molar-refractivity contribution in [2.45, 2.75) is 6.54 Å². The summed E-state index contributed by atoms with van der Waals surface area (Å²) in [5, 5.41) is 3.24. The highest BCUT2D eigenvalue weighted by molar-refractivity contribution is 5.83. The predicted molar refractivity (Wildman–Crippen MR) is 89.7 cm³/mol. The number of hydrogen-bond acceptors (Lipinski definition) is 8. The van der Waals surface area contributed by atoms with Crippen LogP contribution in [0.3, 0.4) is 0 Å². The molecule has 0 saturated carbocycles. The van der Waals surface area contributed by atoms with E-state index in [0.29, 0.717) is 36.9 Å². The fraction of sp³-hybridized carbons (Fsp3) is 0.312. The van der Waals surface area contributed by atoms with Crippen molar-refractivity contribution in [3.63, 3.8) is 0 Å². The third-order valence-corrected chi connectivity index (χ3v) is 3.80. The maximum atomic E-state index is 5.43. The molecule has 24 heavy (non-hydrogen) atoms. The van der Waals surface area contributed by atoms with Crippen LogP contribution >= 0.6 is 0 Å². The lowest BCUT2D eigenvalue weighted by Gasteiger charge is -2.28. The summed E-state index contributed by atoms with van der Waals surface area (Å²) in [7, 11) is 0. The van der Waals surface area contributed by atoms with Crippen LogP contribution in [0.25, 0.3) is 11.2 Å². The third-order valence-electron chi connectivity index (χ3n) is 3.80. The van der Waals surface area contributed by atoms with Gasteiger partial charge in [0.2, 0.25) is 5.95 Å². The van der Waals surface area contributed by atoms with Crippen molar-refractivity contribution >= 4 is 22.9 Å². The van der Waals surface area contributed by atoms with E-state index in [-0.39, 0.29) is 0 Å². The van der Waals surface area contributed by atoms with Crippen molar-refractivity contribution in [2.24, 2.45) is 0 Å². The number of morpholine rings is 1. The van der Waals surface area contributed by atoms with Crippen LogP contribution in [0.4, 0.5) is 11.8 Å². The zero-order valence-corrected chi connectivity index (χ0v) is 13.1. The molecular formula is C16H17N7O. The Morgan fingerprint density at radius 3 is 2.79 bits per heavy atom. The molecule has 3 aromatic heterocycles. The maximum Gasteiger partial charge on any atom is 0.227 e. The number of anilines is 2. The molecule has 0 atom stereocenters. The first-order valence-electron chi connectivity index (χ1n) is 7.84. The molecule has 3 aromatic rings. The molecule has 1 N–H and O–H groups in total. The van der Waals surface area contributed by atoms with Crippen molar-refractivity contribution < 1.29 is 4.74 Å². The molecule has 1 aliphatic heterocycles. The number of pyridine rings is 1. The van der Waals surface area contributed by atoms with E-state index in [1.807, 2.05) is 18.3 Å². The summed E-state index contributed by atoms with van der Waals surface area (Å²) in [6.07, 6.45) is 6.88. The van der Waals surface area contributed by atoms with Gasteiger partial charge < -0.3 is 15.0 Å². The standard InChI is InChI=1S/C16H17N7O/c1-2-12(10-17-3-1)11-20-16-21-14-13(18-4-5-19-14)15(22-16)23-6-8-24-9-7-23/h1-5,10H,6-9,11H2,(H,19,20,21,22). The van der Waals surface area contributed by atoms with Gasteiger partial charge in [-0.25, -0.2) is 9.97 Å². The van der Waals surface area contributed by atoms with E-state index in [1.54, 1.807) is 18.6 Å². The Morgan fingerprint density at radius 2 is 1.96 bits per heavy atom. The largest absolute Gasteiger partial charge is 0.378 e. The summed E-state index contributed by atoms with van der Waals surface area (Å²) in [6, 6.07) is 3.91. The molecule has 0 unspecified atom stereocenters. The molecule has 0 bridgehead atoms. The van der Waals surface area contributed by atoms with Crippen LogP contribution in [0.5, 0.6) is 0 Å². The van der Waals surface area contributed by atoms with Crippen LogP contribution in [-0.2, 0) is 11.3 Å². The van der Waals surface area contributed by atoms with Crippen molar-refractivity contribution in [3.8, 4) is 0 Å². The quantitative estimate of drug-likeness (QED) is 0.768. The molecule has 0 amide bonds. The molecule has 4 rings (SSSR count). The molecular weight excluding hydrogens is 306 g/mol. The van der Waals surface area contributed by atoms with Crippen molar-refractivity contribution in [3.05, 3.63) is 42.5 Å². The van der Waals surface area contributed by atoms with Gasteiger partial charge in [0, 0.05) is 44.4 Å². The number of nitrogens with zero attached hydrogens (tertiary/aromatic N) is 6. The van der Waals surface area contributed by atoms with Gasteiger partial charge in [0.15, 0.2) is 17.0 Å². The summed E-state index contributed by atoms with van der Waals surface area (Å²) in [5.74, 6) is 1.33. The van der Waals surface area contributed by atoms with Crippen LogP contribution in [-0.4, -0.2) is 51.2 Å². The number of hydrogen-bond donors (Lipinski definition) is 1. The van der Waals surface area contributed by atoms with Gasteiger partial charge in [0.1, 0.15) is 0 Å². The van der Waals surface area contributed by atoms with Crippen LogP contribution < -0.4 is 10.2 Å². The van der Waals surface area contributed by atoms with Crippen LogP contribution in [0.2, 0.25) is 0 Å². The predicted octanol–water partition coefficient (Wildman–Crippen LogP) is 1.26. The monoisotopic (exact) mass is 323 g/mol. The lowest BCUT2D eigenvalue weighted by Crippen LogP contribution is -2.37. The first-order chi connectivity index (χ1) is 11.9. The lowest BCUT2D eigenvalue weighted by atomic mass is 10.3. The molecule has 0 aliphatic carbocycles. The van der Waals surface area contributed by atoms with Gasteiger partial charge in [-0.2, -0.15) is 9.97 Å². The second kappa shape index (κ2) is 6.71. The number of aromatic nitrogens is 5. The zero-order valence-electron chi connectivity index (χ0n) is 13.1. The highest BCUT2D eigenvalue weighted by Crippen LogP contribution is 2.23. The smallest absolute Gasteiger partial charge is 0.227 e. The Kier molecular flexibility index (Phi) is 4.11. The number of rotatable bonds is 4. The Morgan fingerprint density at radius 1 is 1.08 bits per heavy atom.